The molecule has 0 aliphatic heterocycles. The number of benzene rings is 1. The topological polar surface area (TPSA) is 41.1 Å². The molecule has 1 aromatic carbocycles. The number of hydrogen-bond donors (Lipinski definition) is 2. The van der Waals surface area contributed by atoms with Crippen molar-refractivity contribution in [1.29, 1.82) is 0 Å². The van der Waals surface area contributed by atoms with Crippen LogP contribution in [0.25, 0.3) is 0 Å². The Morgan fingerprint density at radius 1 is 1.35 bits per heavy atom. The molecule has 3 nitrogen and oxygen atoms in total. The fraction of sp³-hybridized carbons (Fsp3) is 0.462. The molecular formula is C13H16F4N2O. The van der Waals surface area contributed by atoms with Gasteiger partial charge in [-0.3, -0.25) is 4.79 Å². The lowest BCUT2D eigenvalue weighted by molar-refractivity contribution is -0.139. The van der Waals surface area contributed by atoms with Gasteiger partial charge in [-0.15, -0.1) is 0 Å². The number of hydrogen-bond acceptors (Lipinski definition) is 2. The maximum atomic E-state index is 12.9. The van der Waals surface area contributed by atoms with E-state index in [1.165, 1.54) is 19.1 Å². The second kappa shape index (κ2) is 7.23. The van der Waals surface area contributed by atoms with Gasteiger partial charge in [-0.2, -0.15) is 13.2 Å². The quantitative estimate of drug-likeness (QED) is 0.788. The summed E-state index contributed by atoms with van der Waals surface area (Å²) in [5.74, 6) is -1.07. The van der Waals surface area contributed by atoms with Gasteiger partial charge >= 0.3 is 6.18 Å². The highest BCUT2D eigenvalue weighted by molar-refractivity contribution is 5.81. The van der Waals surface area contributed by atoms with Crippen LogP contribution in [0.5, 0.6) is 0 Å². The van der Waals surface area contributed by atoms with Crippen molar-refractivity contribution in [3.05, 3.63) is 35.6 Å². The molecule has 0 aromatic heterocycles. The second-order valence-corrected chi connectivity index (χ2v) is 4.39. The Labute approximate surface area is 114 Å². The predicted molar refractivity (Wildman–Crippen MR) is 66.6 cm³/mol. The summed E-state index contributed by atoms with van der Waals surface area (Å²) < 4.78 is 48.7. The monoisotopic (exact) mass is 292 g/mol. The average molecular weight is 292 g/mol. The molecule has 20 heavy (non-hydrogen) atoms. The third-order valence-electron chi connectivity index (χ3n) is 2.61. The molecule has 0 bridgehead atoms. The number of halogens is 4. The van der Waals surface area contributed by atoms with Crippen LogP contribution in [0.4, 0.5) is 17.6 Å². The summed E-state index contributed by atoms with van der Waals surface area (Å²) in [7, 11) is 0. The van der Waals surface area contributed by atoms with Gasteiger partial charge in [0.25, 0.3) is 0 Å². The number of alkyl halides is 3. The highest BCUT2D eigenvalue weighted by Crippen LogP contribution is 2.12. The van der Waals surface area contributed by atoms with Crippen LogP contribution in [0.2, 0.25) is 0 Å². The molecule has 2 N–H and O–H groups in total. The molecule has 0 saturated carbocycles. The summed E-state index contributed by atoms with van der Waals surface area (Å²) in [5, 5.41) is 4.58. The minimum absolute atomic E-state index is 0.349. The van der Waals surface area contributed by atoms with E-state index in [1.54, 1.807) is 17.4 Å². The Morgan fingerprint density at radius 2 is 2.05 bits per heavy atom. The molecule has 0 spiro atoms. The van der Waals surface area contributed by atoms with E-state index >= 15 is 0 Å². The van der Waals surface area contributed by atoms with E-state index in [4.69, 9.17) is 0 Å². The van der Waals surface area contributed by atoms with Crippen LogP contribution in [0.1, 0.15) is 12.5 Å². The Morgan fingerprint density at radius 3 is 2.65 bits per heavy atom. The Balaban J connectivity index is 2.29. The first-order chi connectivity index (χ1) is 9.28. The second-order valence-electron chi connectivity index (χ2n) is 4.39. The summed E-state index contributed by atoms with van der Waals surface area (Å²) in [4.78, 5) is 11.4. The number of carbonyl (C=O) groups is 1. The Bertz CT molecular complexity index is 448. The van der Waals surface area contributed by atoms with Gasteiger partial charge in [-0.1, -0.05) is 12.1 Å². The molecule has 7 heteroatoms. The standard InChI is InChI=1S/C13H16F4N2O/c1-9(12(20)19-8-13(15,16)17)18-6-5-10-3-2-4-11(14)7-10/h2-4,7,9,18H,5-6,8H2,1H3,(H,19,20). The molecule has 1 aromatic rings. The van der Waals surface area contributed by atoms with Gasteiger partial charge in [0.05, 0.1) is 6.04 Å². The molecule has 0 aliphatic carbocycles. The molecule has 0 heterocycles. The fourth-order valence-corrected chi connectivity index (χ4v) is 1.56. The van der Waals surface area contributed by atoms with Crippen LogP contribution in [0.3, 0.4) is 0 Å². The number of rotatable bonds is 6. The molecule has 1 unspecified atom stereocenters. The van der Waals surface area contributed by atoms with Gasteiger partial charge in [0.2, 0.25) is 5.91 Å². The third-order valence-corrected chi connectivity index (χ3v) is 2.61. The maximum Gasteiger partial charge on any atom is 0.405 e. The van der Waals surface area contributed by atoms with Crippen molar-refractivity contribution in [1.82, 2.24) is 10.6 Å². The summed E-state index contributed by atoms with van der Waals surface area (Å²) in [6.07, 6.45) is -3.94. The Kier molecular flexibility index (Phi) is 5.94. The van der Waals surface area contributed by atoms with E-state index in [0.717, 1.165) is 5.56 Å². The van der Waals surface area contributed by atoms with Gasteiger partial charge in [0, 0.05) is 0 Å². The SMILES string of the molecule is CC(NCCc1cccc(F)c1)C(=O)NCC(F)(F)F. The lowest BCUT2D eigenvalue weighted by Gasteiger charge is -2.15. The van der Waals surface area contributed by atoms with Crippen LogP contribution < -0.4 is 10.6 Å². The zero-order chi connectivity index (χ0) is 15.2. The van der Waals surface area contributed by atoms with Crippen LogP contribution in [0.15, 0.2) is 24.3 Å². The molecular weight excluding hydrogens is 276 g/mol. The van der Waals surface area contributed by atoms with E-state index in [9.17, 15) is 22.4 Å². The van der Waals surface area contributed by atoms with Crippen molar-refractivity contribution in [2.24, 2.45) is 0 Å². The van der Waals surface area contributed by atoms with Gasteiger partial charge in [0.15, 0.2) is 0 Å². The molecule has 1 atom stereocenters. The number of amides is 1. The third kappa shape index (κ3) is 6.51. The normalized spacial score (nSPS) is 13.1. The molecule has 0 fully saturated rings. The van der Waals surface area contributed by atoms with E-state index in [-0.39, 0.29) is 5.82 Å². The molecule has 112 valence electrons. The van der Waals surface area contributed by atoms with Gasteiger partial charge < -0.3 is 10.6 Å². The zero-order valence-electron chi connectivity index (χ0n) is 10.9. The van der Waals surface area contributed by atoms with E-state index in [0.29, 0.717) is 13.0 Å². The van der Waals surface area contributed by atoms with Crippen molar-refractivity contribution in [2.75, 3.05) is 13.1 Å². The van der Waals surface area contributed by atoms with Crippen molar-refractivity contribution >= 4 is 5.91 Å². The zero-order valence-corrected chi connectivity index (χ0v) is 10.9. The lowest BCUT2D eigenvalue weighted by atomic mass is 10.1. The summed E-state index contributed by atoms with van der Waals surface area (Å²) in [6.45, 7) is 0.489. The van der Waals surface area contributed by atoms with Crippen molar-refractivity contribution in [3.63, 3.8) is 0 Å². The van der Waals surface area contributed by atoms with Crippen LogP contribution in [-0.2, 0) is 11.2 Å². The van der Waals surface area contributed by atoms with Crippen LogP contribution in [0, 0.1) is 5.82 Å². The highest BCUT2D eigenvalue weighted by atomic mass is 19.4. The van der Waals surface area contributed by atoms with Crippen molar-refractivity contribution in [2.45, 2.75) is 25.6 Å². The molecule has 0 saturated heterocycles. The maximum absolute atomic E-state index is 12.9. The lowest BCUT2D eigenvalue weighted by Crippen LogP contribution is -2.45. The fourth-order valence-electron chi connectivity index (χ4n) is 1.56. The summed E-state index contributed by atoms with van der Waals surface area (Å²) in [6, 6.07) is 5.26. The van der Waals surface area contributed by atoms with Gasteiger partial charge in [-0.05, 0) is 37.6 Å². The minimum Gasteiger partial charge on any atom is -0.346 e. The van der Waals surface area contributed by atoms with Crippen LogP contribution >= 0.6 is 0 Å². The smallest absolute Gasteiger partial charge is 0.346 e. The highest BCUT2D eigenvalue weighted by Gasteiger charge is 2.28. The predicted octanol–water partition coefficient (Wildman–Crippen LogP) is 2.02. The van der Waals surface area contributed by atoms with E-state index in [2.05, 4.69) is 5.32 Å². The molecule has 1 amide bonds. The van der Waals surface area contributed by atoms with E-state index in [1.807, 2.05) is 0 Å². The number of carbonyl (C=O) groups excluding carboxylic acids is 1. The van der Waals surface area contributed by atoms with Gasteiger partial charge in [0.1, 0.15) is 12.4 Å². The summed E-state index contributed by atoms with van der Waals surface area (Å²) in [5.41, 5.74) is 0.750. The van der Waals surface area contributed by atoms with E-state index < -0.39 is 24.7 Å². The van der Waals surface area contributed by atoms with Gasteiger partial charge in [-0.25, -0.2) is 4.39 Å². The first-order valence-corrected chi connectivity index (χ1v) is 6.10. The molecule has 0 aliphatic rings. The Hall–Kier alpha value is -1.63. The minimum atomic E-state index is -4.42. The first-order valence-electron chi connectivity index (χ1n) is 6.10. The van der Waals surface area contributed by atoms with Crippen LogP contribution in [-0.4, -0.2) is 31.2 Å². The summed E-state index contributed by atoms with van der Waals surface area (Å²) >= 11 is 0. The first kappa shape index (κ1) is 16.4. The average Bonchev–Trinajstić information content (AvgIpc) is 2.35. The largest absolute Gasteiger partial charge is 0.405 e. The molecule has 1 rings (SSSR count). The van der Waals surface area contributed by atoms with Crippen molar-refractivity contribution in [3.8, 4) is 0 Å². The number of nitrogens with one attached hydrogen (secondary N) is 2. The van der Waals surface area contributed by atoms with Crippen molar-refractivity contribution < 1.29 is 22.4 Å². The molecule has 0 radical (unpaired) electrons.